The minimum Gasteiger partial charge on any atom is -0.480 e. The molecular weight excluding hydrogens is 368 g/mol. The molecule has 0 aliphatic carbocycles. The molecule has 2 heterocycles. The zero-order valence-corrected chi connectivity index (χ0v) is 16.3. The van der Waals surface area contributed by atoms with Crippen molar-refractivity contribution in [1.82, 2.24) is 9.21 Å². The highest BCUT2D eigenvalue weighted by Gasteiger charge is 2.34. The first-order chi connectivity index (χ1) is 12.8. The van der Waals surface area contributed by atoms with Gasteiger partial charge in [0.2, 0.25) is 10.0 Å². The van der Waals surface area contributed by atoms with E-state index in [-0.39, 0.29) is 16.5 Å². The van der Waals surface area contributed by atoms with Crippen molar-refractivity contribution in [2.75, 3.05) is 13.1 Å². The molecule has 0 saturated carbocycles. The minimum atomic E-state index is -3.68. The number of carbonyl (C=O) groups excluding carboxylic acids is 1. The molecule has 0 radical (unpaired) electrons. The van der Waals surface area contributed by atoms with Crippen LogP contribution in [0.2, 0.25) is 0 Å². The molecule has 1 aromatic carbocycles. The molecule has 8 heteroatoms. The van der Waals surface area contributed by atoms with Crippen molar-refractivity contribution in [1.29, 1.82) is 0 Å². The van der Waals surface area contributed by atoms with Gasteiger partial charge in [0.1, 0.15) is 6.04 Å². The smallest absolute Gasteiger partial charge is 0.326 e. The fourth-order valence-electron chi connectivity index (χ4n) is 3.95. The first-order valence-electron chi connectivity index (χ1n) is 9.48. The van der Waals surface area contributed by atoms with Gasteiger partial charge >= 0.3 is 5.97 Å². The van der Waals surface area contributed by atoms with Crippen LogP contribution in [0.3, 0.4) is 0 Å². The zero-order chi connectivity index (χ0) is 19.6. The lowest BCUT2D eigenvalue weighted by Gasteiger charge is -2.33. The van der Waals surface area contributed by atoms with Gasteiger partial charge in [-0.15, -0.1) is 0 Å². The van der Waals surface area contributed by atoms with Gasteiger partial charge in [-0.1, -0.05) is 12.5 Å². The number of likely N-dealkylation sites (tertiary alicyclic amines) is 1. The van der Waals surface area contributed by atoms with Gasteiger partial charge < -0.3 is 10.0 Å². The topological polar surface area (TPSA) is 95.0 Å². The van der Waals surface area contributed by atoms with Crippen molar-refractivity contribution in [2.24, 2.45) is 0 Å². The fourth-order valence-corrected chi connectivity index (χ4v) is 5.70. The normalized spacial score (nSPS) is 24.6. The Morgan fingerprint density at radius 3 is 2.48 bits per heavy atom. The number of benzene rings is 1. The van der Waals surface area contributed by atoms with Gasteiger partial charge in [-0.05, 0) is 57.2 Å². The predicted molar refractivity (Wildman–Crippen MR) is 100.0 cm³/mol. The summed E-state index contributed by atoms with van der Waals surface area (Å²) in [4.78, 5) is 25.8. The first-order valence-corrected chi connectivity index (χ1v) is 10.9. The molecule has 2 fully saturated rings. The maximum absolute atomic E-state index is 13.0. The summed E-state index contributed by atoms with van der Waals surface area (Å²) in [5.74, 6) is -1.44. The van der Waals surface area contributed by atoms with Crippen LogP contribution in [0.5, 0.6) is 0 Å². The third kappa shape index (κ3) is 4.01. The Labute approximate surface area is 160 Å². The molecule has 0 bridgehead atoms. The molecule has 27 heavy (non-hydrogen) atoms. The Balaban J connectivity index is 1.88. The molecule has 1 N–H and O–H groups in total. The Hall–Kier alpha value is -1.93. The second-order valence-electron chi connectivity index (χ2n) is 7.34. The van der Waals surface area contributed by atoms with Crippen molar-refractivity contribution in [3.05, 3.63) is 29.8 Å². The Morgan fingerprint density at radius 1 is 1.07 bits per heavy atom. The summed E-state index contributed by atoms with van der Waals surface area (Å²) >= 11 is 0. The number of carboxylic acid groups (broad SMARTS) is 1. The first kappa shape index (κ1) is 19.8. The molecule has 3 rings (SSSR count). The van der Waals surface area contributed by atoms with Crippen LogP contribution in [0, 0.1) is 0 Å². The third-order valence-corrected chi connectivity index (χ3v) is 7.49. The number of piperidine rings is 2. The van der Waals surface area contributed by atoms with Crippen LogP contribution in [0.25, 0.3) is 0 Å². The van der Waals surface area contributed by atoms with Crippen LogP contribution in [0.1, 0.15) is 55.8 Å². The van der Waals surface area contributed by atoms with Gasteiger partial charge in [0.05, 0.1) is 4.90 Å². The van der Waals surface area contributed by atoms with Gasteiger partial charge in [-0.3, -0.25) is 4.79 Å². The monoisotopic (exact) mass is 394 g/mol. The van der Waals surface area contributed by atoms with Crippen LogP contribution < -0.4 is 0 Å². The number of amides is 1. The SMILES string of the molecule is CC1CCCCN1S(=O)(=O)c1cccc(C(=O)N2CCCCC2C(=O)O)c1. The highest BCUT2D eigenvalue weighted by Crippen LogP contribution is 2.26. The van der Waals surface area contributed by atoms with Crippen molar-refractivity contribution in [3.63, 3.8) is 0 Å². The number of hydrogen-bond acceptors (Lipinski definition) is 4. The summed E-state index contributed by atoms with van der Waals surface area (Å²) in [7, 11) is -3.68. The van der Waals surface area contributed by atoms with E-state index in [4.69, 9.17) is 0 Å². The number of nitrogens with zero attached hydrogens (tertiary/aromatic N) is 2. The Kier molecular flexibility index (Phi) is 5.86. The molecule has 0 spiro atoms. The molecule has 2 unspecified atom stereocenters. The second-order valence-corrected chi connectivity index (χ2v) is 9.23. The average Bonchev–Trinajstić information content (AvgIpc) is 2.67. The Bertz CT molecular complexity index is 823. The lowest BCUT2D eigenvalue weighted by molar-refractivity contribution is -0.143. The second kappa shape index (κ2) is 7.98. The maximum Gasteiger partial charge on any atom is 0.326 e. The predicted octanol–water partition coefficient (Wildman–Crippen LogP) is 2.33. The van der Waals surface area contributed by atoms with E-state index in [2.05, 4.69) is 0 Å². The van der Waals surface area contributed by atoms with Crippen molar-refractivity contribution < 1.29 is 23.1 Å². The van der Waals surface area contributed by atoms with E-state index in [0.717, 1.165) is 32.1 Å². The zero-order valence-electron chi connectivity index (χ0n) is 15.5. The lowest BCUT2D eigenvalue weighted by Crippen LogP contribution is -2.48. The van der Waals surface area contributed by atoms with Crippen LogP contribution in [0.4, 0.5) is 0 Å². The number of carboxylic acids is 1. The summed E-state index contributed by atoms with van der Waals surface area (Å²) in [5, 5.41) is 9.39. The van der Waals surface area contributed by atoms with E-state index in [9.17, 15) is 23.1 Å². The molecule has 1 aromatic rings. The average molecular weight is 394 g/mol. The lowest BCUT2D eigenvalue weighted by atomic mass is 10.0. The minimum absolute atomic E-state index is 0.0680. The molecule has 148 valence electrons. The number of sulfonamides is 1. The van der Waals surface area contributed by atoms with Crippen molar-refractivity contribution >= 4 is 21.9 Å². The van der Waals surface area contributed by atoms with E-state index in [1.807, 2.05) is 6.92 Å². The number of hydrogen-bond donors (Lipinski definition) is 1. The van der Waals surface area contributed by atoms with Gasteiger partial charge in [-0.2, -0.15) is 4.31 Å². The van der Waals surface area contributed by atoms with E-state index in [0.29, 0.717) is 19.5 Å². The summed E-state index contributed by atoms with van der Waals surface area (Å²) in [6.07, 6.45) is 4.60. The molecular formula is C19H26N2O5S. The standard InChI is InChI=1S/C19H26N2O5S/c1-14-7-2-5-12-21(14)27(25,26)16-9-6-8-15(13-16)18(22)20-11-4-3-10-17(20)19(23)24/h6,8-9,13-14,17H,2-5,7,10-12H2,1H3,(H,23,24). The molecule has 2 aliphatic heterocycles. The van der Waals surface area contributed by atoms with E-state index >= 15 is 0 Å². The van der Waals surface area contributed by atoms with Crippen LogP contribution in [-0.4, -0.2) is 59.8 Å². The van der Waals surface area contributed by atoms with E-state index < -0.39 is 27.9 Å². The van der Waals surface area contributed by atoms with Crippen molar-refractivity contribution in [2.45, 2.75) is 62.4 Å². The van der Waals surface area contributed by atoms with Gasteiger partial charge in [0.25, 0.3) is 5.91 Å². The van der Waals surface area contributed by atoms with Crippen LogP contribution >= 0.6 is 0 Å². The molecule has 2 atom stereocenters. The van der Waals surface area contributed by atoms with E-state index in [1.54, 1.807) is 12.1 Å². The van der Waals surface area contributed by atoms with Gasteiger partial charge in [-0.25, -0.2) is 13.2 Å². The highest BCUT2D eigenvalue weighted by atomic mass is 32.2. The highest BCUT2D eigenvalue weighted by molar-refractivity contribution is 7.89. The maximum atomic E-state index is 13.0. The van der Waals surface area contributed by atoms with Crippen molar-refractivity contribution in [3.8, 4) is 0 Å². The van der Waals surface area contributed by atoms with Crippen LogP contribution in [0.15, 0.2) is 29.2 Å². The summed E-state index contributed by atoms with van der Waals surface area (Å²) in [6, 6.07) is 5.06. The molecule has 1 amide bonds. The number of rotatable bonds is 4. The third-order valence-electron chi connectivity index (χ3n) is 5.48. The number of carbonyl (C=O) groups is 2. The summed E-state index contributed by atoms with van der Waals surface area (Å²) in [5.41, 5.74) is 0.217. The fraction of sp³-hybridized carbons (Fsp3) is 0.579. The number of aliphatic carboxylic acids is 1. The molecule has 2 aliphatic rings. The van der Waals surface area contributed by atoms with Crippen LogP contribution in [-0.2, 0) is 14.8 Å². The largest absolute Gasteiger partial charge is 0.480 e. The Morgan fingerprint density at radius 2 is 1.78 bits per heavy atom. The van der Waals surface area contributed by atoms with E-state index in [1.165, 1.54) is 21.3 Å². The quantitative estimate of drug-likeness (QED) is 0.846. The summed E-state index contributed by atoms with van der Waals surface area (Å²) in [6.45, 7) is 2.75. The molecule has 2 saturated heterocycles. The molecule has 7 nitrogen and oxygen atoms in total. The molecule has 0 aromatic heterocycles. The van der Waals surface area contributed by atoms with Gasteiger partial charge in [0.15, 0.2) is 0 Å². The van der Waals surface area contributed by atoms with Gasteiger partial charge in [0, 0.05) is 24.7 Å². The summed E-state index contributed by atoms with van der Waals surface area (Å²) < 4.78 is 27.6.